The second-order valence-corrected chi connectivity index (χ2v) is 4.65. The first-order valence-corrected chi connectivity index (χ1v) is 5.71. The molecule has 1 aliphatic rings. The quantitative estimate of drug-likeness (QED) is 0.572. The summed E-state index contributed by atoms with van der Waals surface area (Å²) in [4.78, 5) is 12.7. The number of nitrogens with two attached hydrogens (primary N) is 1. The molecule has 0 spiro atoms. The van der Waals surface area contributed by atoms with Crippen LogP contribution in [0, 0.1) is 0 Å². The number of carboxylic acid groups (broad SMARTS) is 1. The Kier molecular flexibility index (Phi) is 3.34. The van der Waals surface area contributed by atoms with Gasteiger partial charge in [0.05, 0.1) is 28.5 Å². The maximum Gasteiger partial charge on any atom is 0.337 e. The van der Waals surface area contributed by atoms with Crippen molar-refractivity contribution in [2.75, 3.05) is 23.7 Å². The predicted molar refractivity (Wildman–Crippen MR) is 67.1 cm³/mol. The number of nitrogens with zero attached hydrogens (tertiary/aromatic N) is 1. The minimum atomic E-state index is -1.16. The fraction of sp³-hybridized carbons (Fsp3) is 0.364. The molecule has 18 heavy (non-hydrogen) atoms. The standard InChI is InChI=1S/C11H13ClN2O4/c12-7-2-5(13)1-6(11(17)18)10(7)14-3-8(15)9(16)4-14/h1-2,8-9,15-16H,3-4,13H2,(H,17,18). The van der Waals surface area contributed by atoms with E-state index < -0.39 is 18.2 Å². The molecule has 98 valence electrons. The second-order valence-electron chi connectivity index (χ2n) is 4.24. The minimum Gasteiger partial charge on any atom is -0.478 e. The highest BCUT2D eigenvalue weighted by atomic mass is 35.5. The first-order chi connectivity index (χ1) is 8.40. The van der Waals surface area contributed by atoms with Gasteiger partial charge in [0.15, 0.2) is 0 Å². The van der Waals surface area contributed by atoms with Crippen molar-refractivity contribution in [3.05, 3.63) is 22.7 Å². The lowest BCUT2D eigenvalue weighted by Gasteiger charge is -2.21. The van der Waals surface area contributed by atoms with Crippen molar-refractivity contribution in [1.82, 2.24) is 0 Å². The van der Waals surface area contributed by atoms with Crippen LogP contribution in [0.5, 0.6) is 0 Å². The van der Waals surface area contributed by atoms with Crippen molar-refractivity contribution >= 4 is 28.9 Å². The lowest BCUT2D eigenvalue weighted by Crippen LogP contribution is -2.24. The van der Waals surface area contributed by atoms with Crippen LogP contribution >= 0.6 is 11.6 Å². The number of β-amino-alcohol motifs (C(OH)–C–C–N with tert-alkyl or cyclic N) is 2. The highest BCUT2D eigenvalue weighted by Crippen LogP contribution is 2.34. The van der Waals surface area contributed by atoms with E-state index in [9.17, 15) is 15.0 Å². The lowest BCUT2D eigenvalue weighted by molar-refractivity contribution is 0.0572. The molecule has 0 aliphatic carbocycles. The summed E-state index contributed by atoms with van der Waals surface area (Å²) in [5, 5.41) is 28.3. The molecule has 1 fully saturated rings. The molecule has 1 aliphatic heterocycles. The Morgan fingerprint density at radius 3 is 2.39 bits per heavy atom. The average Bonchev–Trinajstić information content (AvgIpc) is 2.57. The number of aromatic carboxylic acids is 1. The topological polar surface area (TPSA) is 107 Å². The first-order valence-electron chi connectivity index (χ1n) is 5.33. The highest BCUT2D eigenvalue weighted by Gasteiger charge is 2.33. The molecule has 2 rings (SSSR count). The van der Waals surface area contributed by atoms with Crippen LogP contribution in [-0.2, 0) is 0 Å². The van der Waals surface area contributed by atoms with Crippen LogP contribution in [-0.4, -0.2) is 46.6 Å². The predicted octanol–water partition coefficient (Wildman–Crippen LogP) is 0.162. The van der Waals surface area contributed by atoms with Crippen molar-refractivity contribution in [3.8, 4) is 0 Å². The summed E-state index contributed by atoms with van der Waals surface area (Å²) >= 11 is 6.01. The zero-order valence-electron chi connectivity index (χ0n) is 9.38. The van der Waals surface area contributed by atoms with E-state index in [1.54, 1.807) is 4.90 Å². The molecule has 0 saturated carbocycles. The van der Waals surface area contributed by atoms with E-state index in [2.05, 4.69) is 0 Å². The van der Waals surface area contributed by atoms with E-state index in [-0.39, 0.29) is 35.1 Å². The van der Waals surface area contributed by atoms with Crippen molar-refractivity contribution in [3.63, 3.8) is 0 Å². The van der Waals surface area contributed by atoms with Gasteiger partial charge in [-0.15, -0.1) is 0 Å². The zero-order chi connectivity index (χ0) is 13.4. The summed E-state index contributed by atoms with van der Waals surface area (Å²) in [6.07, 6.45) is -1.83. The van der Waals surface area contributed by atoms with Crippen LogP contribution in [0.2, 0.25) is 5.02 Å². The summed E-state index contributed by atoms with van der Waals surface area (Å²) in [5.41, 5.74) is 6.04. The Bertz CT molecular complexity index is 484. The number of carboxylic acids is 1. The summed E-state index contributed by atoms with van der Waals surface area (Å²) < 4.78 is 0. The van der Waals surface area contributed by atoms with E-state index in [1.165, 1.54) is 12.1 Å². The van der Waals surface area contributed by atoms with Crippen LogP contribution < -0.4 is 10.6 Å². The molecule has 0 bridgehead atoms. The maximum atomic E-state index is 11.2. The fourth-order valence-corrected chi connectivity index (χ4v) is 2.40. The minimum absolute atomic E-state index is 0.0405. The van der Waals surface area contributed by atoms with Crippen molar-refractivity contribution < 1.29 is 20.1 Å². The molecule has 7 heteroatoms. The Hall–Kier alpha value is -1.50. The molecule has 1 aromatic carbocycles. The van der Waals surface area contributed by atoms with Crippen molar-refractivity contribution in [2.24, 2.45) is 0 Å². The summed E-state index contributed by atoms with van der Waals surface area (Å²) in [7, 11) is 0. The number of nitrogen functional groups attached to an aromatic ring is 1. The van der Waals surface area contributed by atoms with Gasteiger partial charge in [0.25, 0.3) is 0 Å². The molecule has 1 aromatic rings. The molecule has 6 nitrogen and oxygen atoms in total. The largest absolute Gasteiger partial charge is 0.478 e. The molecule has 1 heterocycles. The van der Waals surface area contributed by atoms with Crippen molar-refractivity contribution in [1.29, 1.82) is 0 Å². The molecule has 5 N–H and O–H groups in total. The third-order valence-corrected chi connectivity index (χ3v) is 3.18. The van der Waals surface area contributed by atoms with Gasteiger partial charge in [-0.05, 0) is 12.1 Å². The Morgan fingerprint density at radius 1 is 1.33 bits per heavy atom. The van der Waals surface area contributed by atoms with Gasteiger partial charge in [-0.3, -0.25) is 0 Å². The van der Waals surface area contributed by atoms with Gasteiger partial charge in [0.1, 0.15) is 0 Å². The van der Waals surface area contributed by atoms with Gasteiger partial charge in [-0.1, -0.05) is 11.6 Å². The van der Waals surface area contributed by atoms with E-state index in [0.29, 0.717) is 0 Å². The molecular weight excluding hydrogens is 260 g/mol. The van der Waals surface area contributed by atoms with Crippen LogP contribution in [0.15, 0.2) is 12.1 Å². The fourth-order valence-electron chi connectivity index (χ4n) is 2.06. The zero-order valence-corrected chi connectivity index (χ0v) is 10.1. The number of benzene rings is 1. The third-order valence-electron chi connectivity index (χ3n) is 2.89. The number of aliphatic hydroxyl groups excluding tert-OH is 2. The molecule has 2 unspecified atom stereocenters. The van der Waals surface area contributed by atoms with E-state index in [4.69, 9.17) is 22.4 Å². The van der Waals surface area contributed by atoms with Gasteiger partial charge in [-0.2, -0.15) is 0 Å². The summed E-state index contributed by atoms with van der Waals surface area (Å²) in [6, 6.07) is 2.75. The van der Waals surface area contributed by atoms with Gasteiger partial charge < -0.3 is 26.0 Å². The number of hydrogen-bond acceptors (Lipinski definition) is 5. The molecule has 0 radical (unpaired) electrons. The Balaban J connectivity index is 2.47. The number of rotatable bonds is 2. The second kappa shape index (κ2) is 4.64. The van der Waals surface area contributed by atoms with E-state index >= 15 is 0 Å². The van der Waals surface area contributed by atoms with Crippen LogP contribution in [0.3, 0.4) is 0 Å². The maximum absolute atomic E-state index is 11.2. The van der Waals surface area contributed by atoms with Gasteiger partial charge in [-0.25, -0.2) is 4.79 Å². The van der Waals surface area contributed by atoms with Crippen LogP contribution in [0.1, 0.15) is 10.4 Å². The summed E-state index contributed by atoms with van der Waals surface area (Å²) in [6.45, 7) is 0.260. The molecular formula is C11H13ClN2O4. The van der Waals surface area contributed by atoms with E-state index in [0.717, 1.165) is 0 Å². The molecule has 2 atom stereocenters. The Labute approximate surface area is 108 Å². The first kappa shape index (κ1) is 12.9. The normalized spacial score (nSPS) is 23.4. The number of carbonyl (C=O) groups is 1. The van der Waals surface area contributed by atoms with Crippen LogP contribution in [0.4, 0.5) is 11.4 Å². The van der Waals surface area contributed by atoms with Crippen molar-refractivity contribution in [2.45, 2.75) is 12.2 Å². The lowest BCUT2D eigenvalue weighted by atomic mass is 10.1. The molecule has 0 aromatic heterocycles. The van der Waals surface area contributed by atoms with E-state index in [1.807, 2.05) is 0 Å². The Morgan fingerprint density at radius 2 is 1.89 bits per heavy atom. The monoisotopic (exact) mass is 272 g/mol. The molecule has 0 amide bonds. The number of hydrogen-bond donors (Lipinski definition) is 4. The van der Waals surface area contributed by atoms with Gasteiger partial charge in [0.2, 0.25) is 0 Å². The highest BCUT2D eigenvalue weighted by molar-refractivity contribution is 6.34. The smallest absolute Gasteiger partial charge is 0.337 e. The van der Waals surface area contributed by atoms with Gasteiger partial charge >= 0.3 is 5.97 Å². The van der Waals surface area contributed by atoms with Crippen LogP contribution in [0.25, 0.3) is 0 Å². The molecule has 1 saturated heterocycles. The average molecular weight is 273 g/mol. The number of aliphatic hydroxyl groups is 2. The third kappa shape index (κ3) is 2.22. The number of anilines is 2. The summed E-state index contributed by atoms with van der Waals surface area (Å²) in [5.74, 6) is -1.16. The number of halogens is 1. The SMILES string of the molecule is Nc1cc(Cl)c(N2CC(O)C(O)C2)c(C(=O)O)c1. The van der Waals surface area contributed by atoms with Gasteiger partial charge in [0, 0.05) is 18.8 Å².